The third-order valence-corrected chi connectivity index (χ3v) is 2.95. The van der Waals surface area contributed by atoms with E-state index in [4.69, 9.17) is 37.1 Å². The highest BCUT2D eigenvalue weighted by Crippen LogP contribution is 2.28. The maximum atomic E-state index is 11.7. The Morgan fingerprint density at radius 3 is 2.52 bits per heavy atom. The number of methoxy groups -OCH3 is 1. The first-order chi connectivity index (χ1) is 10.0. The molecule has 0 bridgehead atoms. The van der Waals surface area contributed by atoms with Crippen molar-refractivity contribution in [1.29, 1.82) is 0 Å². The van der Waals surface area contributed by atoms with Crippen LogP contribution in [-0.4, -0.2) is 29.9 Å². The van der Waals surface area contributed by atoms with E-state index < -0.39 is 12.1 Å². The van der Waals surface area contributed by atoms with Gasteiger partial charge in [0.25, 0.3) is 5.89 Å². The molecular weight excluding hydrogens is 319 g/mol. The fourth-order valence-corrected chi connectivity index (χ4v) is 2.18. The summed E-state index contributed by atoms with van der Waals surface area (Å²) in [5, 5.41) is 8.53. The number of hydrogen-bond donors (Lipinski definition) is 0. The summed E-state index contributed by atoms with van der Waals surface area (Å²) in [7, 11) is 1.35. The maximum Gasteiger partial charge on any atom is 0.345 e. The molecule has 6 nitrogen and oxygen atoms in total. The largest absolute Gasteiger partial charge is 0.464 e. The summed E-state index contributed by atoms with van der Waals surface area (Å²) < 4.78 is 15.3. The SMILES string of the molecule is CCOC(=O)C(OC)c1nnc(-c2cc(Cl)cc(Cl)c2)o1. The monoisotopic (exact) mass is 330 g/mol. The highest BCUT2D eigenvalue weighted by Gasteiger charge is 2.28. The molecule has 0 saturated heterocycles. The first-order valence-corrected chi connectivity index (χ1v) is 6.80. The molecule has 1 unspecified atom stereocenters. The minimum atomic E-state index is -1.07. The van der Waals surface area contributed by atoms with Gasteiger partial charge in [-0.1, -0.05) is 23.2 Å². The molecule has 0 N–H and O–H groups in total. The highest BCUT2D eigenvalue weighted by atomic mass is 35.5. The Morgan fingerprint density at radius 1 is 1.29 bits per heavy atom. The average molecular weight is 331 g/mol. The molecule has 2 aromatic rings. The Morgan fingerprint density at radius 2 is 1.95 bits per heavy atom. The average Bonchev–Trinajstić information content (AvgIpc) is 2.88. The van der Waals surface area contributed by atoms with Crippen LogP contribution in [0.25, 0.3) is 11.5 Å². The molecule has 1 atom stereocenters. The first kappa shape index (κ1) is 15.8. The lowest BCUT2D eigenvalue weighted by Crippen LogP contribution is -2.18. The smallest absolute Gasteiger partial charge is 0.345 e. The summed E-state index contributed by atoms with van der Waals surface area (Å²) >= 11 is 11.8. The second-order valence-electron chi connectivity index (χ2n) is 3.97. The van der Waals surface area contributed by atoms with Crippen molar-refractivity contribution in [2.24, 2.45) is 0 Å². The van der Waals surface area contributed by atoms with Crippen LogP contribution in [0.5, 0.6) is 0 Å². The number of carbonyl (C=O) groups is 1. The van der Waals surface area contributed by atoms with Gasteiger partial charge in [-0.15, -0.1) is 10.2 Å². The molecule has 0 fully saturated rings. The van der Waals surface area contributed by atoms with Crippen LogP contribution in [0.15, 0.2) is 22.6 Å². The van der Waals surface area contributed by atoms with Crippen LogP contribution in [-0.2, 0) is 14.3 Å². The van der Waals surface area contributed by atoms with Gasteiger partial charge in [0.1, 0.15) is 0 Å². The number of ether oxygens (including phenoxy) is 2. The molecular formula is C13H12Cl2N2O4. The van der Waals surface area contributed by atoms with E-state index >= 15 is 0 Å². The fourth-order valence-electron chi connectivity index (χ4n) is 1.65. The predicted octanol–water partition coefficient (Wildman–Crippen LogP) is 3.29. The van der Waals surface area contributed by atoms with Crippen LogP contribution in [0.3, 0.4) is 0 Å². The van der Waals surface area contributed by atoms with Gasteiger partial charge in [-0.05, 0) is 25.1 Å². The second-order valence-corrected chi connectivity index (χ2v) is 4.84. The van der Waals surface area contributed by atoms with E-state index in [1.165, 1.54) is 7.11 Å². The maximum absolute atomic E-state index is 11.7. The Balaban J connectivity index is 2.30. The number of rotatable bonds is 5. The van der Waals surface area contributed by atoms with E-state index in [2.05, 4.69) is 10.2 Å². The lowest BCUT2D eigenvalue weighted by Gasteiger charge is -2.09. The van der Waals surface area contributed by atoms with Gasteiger partial charge in [-0.25, -0.2) is 4.79 Å². The van der Waals surface area contributed by atoms with Crippen molar-refractivity contribution < 1.29 is 18.7 Å². The molecule has 8 heteroatoms. The molecule has 0 amide bonds. The van der Waals surface area contributed by atoms with Gasteiger partial charge < -0.3 is 13.9 Å². The van der Waals surface area contributed by atoms with Crippen LogP contribution in [0, 0.1) is 0 Å². The number of benzene rings is 1. The van der Waals surface area contributed by atoms with Crippen LogP contribution in [0.1, 0.15) is 18.9 Å². The quantitative estimate of drug-likeness (QED) is 0.783. The molecule has 112 valence electrons. The van der Waals surface area contributed by atoms with Gasteiger partial charge in [0, 0.05) is 22.7 Å². The number of aromatic nitrogens is 2. The molecule has 2 rings (SSSR count). The van der Waals surface area contributed by atoms with E-state index in [0.717, 1.165) is 0 Å². The van der Waals surface area contributed by atoms with Crippen molar-refractivity contribution in [3.8, 4) is 11.5 Å². The van der Waals surface area contributed by atoms with E-state index in [1.54, 1.807) is 25.1 Å². The van der Waals surface area contributed by atoms with Crippen LogP contribution in [0.2, 0.25) is 10.0 Å². The third kappa shape index (κ3) is 3.72. The minimum absolute atomic E-state index is 0.00190. The summed E-state index contributed by atoms with van der Waals surface area (Å²) in [5.41, 5.74) is 0.546. The van der Waals surface area contributed by atoms with Gasteiger partial charge >= 0.3 is 5.97 Å². The van der Waals surface area contributed by atoms with Crippen LogP contribution >= 0.6 is 23.2 Å². The highest BCUT2D eigenvalue weighted by molar-refractivity contribution is 6.35. The number of halogens is 2. The van der Waals surface area contributed by atoms with Crippen molar-refractivity contribution in [3.05, 3.63) is 34.1 Å². The van der Waals surface area contributed by atoms with Crippen LogP contribution < -0.4 is 0 Å². The molecule has 21 heavy (non-hydrogen) atoms. The Hall–Kier alpha value is -1.63. The van der Waals surface area contributed by atoms with Crippen molar-refractivity contribution >= 4 is 29.2 Å². The van der Waals surface area contributed by atoms with Gasteiger partial charge in [0.2, 0.25) is 12.0 Å². The van der Waals surface area contributed by atoms with Gasteiger partial charge in [0.15, 0.2) is 0 Å². The van der Waals surface area contributed by atoms with Gasteiger partial charge in [0.05, 0.1) is 6.61 Å². The second kappa shape index (κ2) is 6.89. The number of hydrogen-bond acceptors (Lipinski definition) is 6. The first-order valence-electron chi connectivity index (χ1n) is 6.04. The van der Waals surface area contributed by atoms with Crippen LogP contribution in [0.4, 0.5) is 0 Å². The van der Waals surface area contributed by atoms with E-state index in [1.807, 2.05) is 0 Å². The van der Waals surface area contributed by atoms with E-state index in [-0.39, 0.29) is 18.4 Å². The molecule has 0 aliphatic rings. The Kier molecular flexibility index (Phi) is 5.17. The van der Waals surface area contributed by atoms with Crippen molar-refractivity contribution in [2.45, 2.75) is 13.0 Å². The summed E-state index contributed by atoms with van der Waals surface area (Å²) in [4.78, 5) is 11.7. The molecule has 1 heterocycles. The molecule has 0 radical (unpaired) electrons. The third-order valence-electron chi connectivity index (χ3n) is 2.51. The van der Waals surface area contributed by atoms with E-state index in [0.29, 0.717) is 15.6 Å². The molecule has 0 aliphatic heterocycles. The molecule has 0 saturated carbocycles. The molecule has 1 aromatic heterocycles. The lowest BCUT2D eigenvalue weighted by atomic mass is 10.2. The normalized spacial score (nSPS) is 12.2. The van der Waals surface area contributed by atoms with Gasteiger partial charge in [-0.2, -0.15) is 0 Å². The summed E-state index contributed by atoms with van der Waals surface area (Å²) in [6, 6.07) is 4.83. The summed E-state index contributed by atoms with van der Waals surface area (Å²) in [5.74, 6) is -0.415. The lowest BCUT2D eigenvalue weighted by molar-refractivity contribution is -0.156. The Labute approximate surface area is 131 Å². The van der Waals surface area contributed by atoms with Crippen molar-refractivity contribution in [2.75, 3.05) is 13.7 Å². The minimum Gasteiger partial charge on any atom is -0.464 e. The number of carbonyl (C=O) groups excluding carboxylic acids is 1. The zero-order valence-electron chi connectivity index (χ0n) is 11.3. The van der Waals surface area contributed by atoms with Gasteiger partial charge in [-0.3, -0.25) is 0 Å². The fraction of sp³-hybridized carbons (Fsp3) is 0.308. The summed E-state index contributed by atoms with van der Waals surface area (Å²) in [6.45, 7) is 1.92. The number of nitrogens with zero attached hydrogens (tertiary/aromatic N) is 2. The van der Waals surface area contributed by atoms with E-state index in [9.17, 15) is 4.79 Å². The Bertz CT molecular complexity index is 625. The molecule has 1 aromatic carbocycles. The van der Waals surface area contributed by atoms with Crippen molar-refractivity contribution in [3.63, 3.8) is 0 Å². The zero-order chi connectivity index (χ0) is 15.4. The topological polar surface area (TPSA) is 74.5 Å². The molecule has 0 aliphatic carbocycles. The zero-order valence-corrected chi connectivity index (χ0v) is 12.8. The van der Waals surface area contributed by atoms with Crippen molar-refractivity contribution in [1.82, 2.24) is 10.2 Å². The standard InChI is InChI=1S/C13H12Cl2N2O4/c1-3-20-13(18)10(19-2)12-17-16-11(21-12)7-4-8(14)6-9(15)5-7/h4-6,10H,3H2,1-2H3. The predicted molar refractivity (Wildman–Crippen MR) is 76.1 cm³/mol. The molecule has 0 spiro atoms. The number of esters is 1. The summed E-state index contributed by atoms with van der Waals surface area (Å²) in [6.07, 6.45) is -1.07.